The number of H-pyrrole nitrogens is 1. The standard InChI is InChI=1S/C16H22N2O2/c1-3-8-17-15(10(2)11-4-5-11)12-6-7-13-14(9-12)20-16(19)18-13/h6-7,9-11,15,17H,3-5,8H2,1-2H3,(H,18,19). The van der Waals surface area contributed by atoms with Crippen LogP contribution in [0.15, 0.2) is 27.4 Å². The van der Waals surface area contributed by atoms with Crippen LogP contribution in [0.2, 0.25) is 0 Å². The molecule has 1 heterocycles. The van der Waals surface area contributed by atoms with Crippen molar-refractivity contribution < 1.29 is 4.42 Å². The summed E-state index contributed by atoms with van der Waals surface area (Å²) >= 11 is 0. The average Bonchev–Trinajstić information content (AvgIpc) is 3.20. The topological polar surface area (TPSA) is 58.0 Å². The summed E-state index contributed by atoms with van der Waals surface area (Å²) in [6, 6.07) is 6.38. The van der Waals surface area contributed by atoms with Crippen LogP contribution < -0.4 is 11.1 Å². The van der Waals surface area contributed by atoms with Gasteiger partial charge in [-0.15, -0.1) is 0 Å². The van der Waals surface area contributed by atoms with Crippen LogP contribution in [-0.4, -0.2) is 11.5 Å². The van der Waals surface area contributed by atoms with E-state index >= 15 is 0 Å². The fraction of sp³-hybridized carbons (Fsp3) is 0.562. The van der Waals surface area contributed by atoms with Crippen LogP contribution in [0.3, 0.4) is 0 Å². The van der Waals surface area contributed by atoms with Gasteiger partial charge in [0.1, 0.15) is 0 Å². The Labute approximate surface area is 118 Å². The van der Waals surface area contributed by atoms with Crippen molar-refractivity contribution in [2.24, 2.45) is 11.8 Å². The summed E-state index contributed by atoms with van der Waals surface area (Å²) in [7, 11) is 0. The van der Waals surface area contributed by atoms with Gasteiger partial charge >= 0.3 is 5.76 Å². The van der Waals surface area contributed by atoms with Gasteiger partial charge in [-0.3, -0.25) is 4.98 Å². The maximum absolute atomic E-state index is 11.3. The number of oxazole rings is 1. The molecule has 20 heavy (non-hydrogen) atoms. The zero-order valence-electron chi connectivity index (χ0n) is 12.1. The number of fused-ring (bicyclic) bond motifs is 1. The van der Waals surface area contributed by atoms with E-state index in [-0.39, 0.29) is 5.76 Å². The monoisotopic (exact) mass is 274 g/mol. The number of rotatable bonds is 6. The van der Waals surface area contributed by atoms with Crippen molar-refractivity contribution in [1.82, 2.24) is 10.3 Å². The number of benzene rings is 1. The summed E-state index contributed by atoms with van der Waals surface area (Å²) in [6.45, 7) is 5.51. The fourth-order valence-corrected chi connectivity index (χ4v) is 2.96. The van der Waals surface area contributed by atoms with Crippen molar-refractivity contribution >= 4 is 11.1 Å². The van der Waals surface area contributed by atoms with E-state index in [1.54, 1.807) is 0 Å². The normalized spacial score (nSPS) is 18.3. The van der Waals surface area contributed by atoms with Gasteiger partial charge in [-0.25, -0.2) is 4.79 Å². The zero-order chi connectivity index (χ0) is 14.1. The van der Waals surface area contributed by atoms with Gasteiger partial charge in [0.05, 0.1) is 5.52 Å². The molecular weight excluding hydrogens is 252 g/mol. The minimum atomic E-state index is -0.384. The summed E-state index contributed by atoms with van der Waals surface area (Å²) in [4.78, 5) is 13.9. The Kier molecular flexibility index (Phi) is 3.66. The van der Waals surface area contributed by atoms with Crippen LogP contribution >= 0.6 is 0 Å². The van der Waals surface area contributed by atoms with Gasteiger partial charge in [0.25, 0.3) is 0 Å². The lowest BCUT2D eigenvalue weighted by Crippen LogP contribution is -2.28. The summed E-state index contributed by atoms with van der Waals surface area (Å²) in [6.07, 6.45) is 3.80. The van der Waals surface area contributed by atoms with Gasteiger partial charge in [0, 0.05) is 6.04 Å². The third-order valence-corrected chi connectivity index (χ3v) is 4.31. The SMILES string of the molecule is CCCNC(c1ccc2[nH]c(=O)oc2c1)C(C)C1CC1. The first-order valence-electron chi connectivity index (χ1n) is 7.55. The Hall–Kier alpha value is -1.55. The Morgan fingerprint density at radius 3 is 2.95 bits per heavy atom. The molecule has 0 saturated heterocycles. The Morgan fingerprint density at radius 1 is 1.45 bits per heavy atom. The Morgan fingerprint density at radius 2 is 2.25 bits per heavy atom. The summed E-state index contributed by atoms with van der Waals surface area (Å²) < 4.78 is 5.18. The second-order valence-corrected chi connectivity index (χ2v) is 5.90. The van der Waals surface area contributed by atoms with E-state index in [1.807, 2.05) is 12.1 Å². The van der Waals surface area contributed by atoms with Gasteiger partial charge < -0.3 is 9.73 Å². The van der Waals surface area contributed by atoms with E-state index in [0.29, 0.717) is 17.5 Å². The van der Waals surface area contributed by atoms with Gasteiger partial charge in [0.15, 0.2) is 5.58 Å². The predicted molar refractivity (Wildman–Crippen MR) is 79.8 cm³/mol. The molecule has 1 aromatic heterocycles. The molecule has 1 aliphatic rings. The molecule has 0 bridgehead atoms. The number of nitrogens with one attached hydrogen (secondary N) is 2. The van der Waals surface area contributed by atoms with Crippen LogP contribution in [0.25, 0.3) is 11.1 Å². The first-order chi connectivity index (χ1) is 9.69. The lowest BCUT2D eigenvalue weighted by molar-refractivity contribution is 0.350. The van der Waals surface area contributed by atoms with Crippen molar-refractivity contribution in [3.8, 4) is 0 Å². The number of aromatic amines is 1. The first-order valence-corrected chi connectivity index (χ1v) is 7.55. The van der Waals surface area contributed by atoms with Crippen LogP contribution in [0.1, 0.15) is 44.7 Å². The molecule has 0 amide bonds. The molecule has 0 aliphatic heterocycles. The third-order valence-electron chi connectivity index (χ3n) is 4.31. The van der Waals surface area contributed by atoms with E-state index in [4.69, 9.17) is 4.42 Å². The molecular formula is C16H22N2O2. The van der Waals surface area contributed by atoms with Crippen molar-refractivity contribution in [1.29, 1.82) is 0 Å². The van der Waals surface area contributed by atoms with Crippen LogP contribution in [-0.2, 0) is 0 Å². The van der Waals surface area contributed by atoms with E-state index in [9.17, 15) is 4.79 Å². The summed E-state index contributed by atoms with van der Waals surface area (Å²) in [5.41, 5.74) is 2.64. The lowest BCUT2D eigenvalue weighted by Gasteiger charge is -2.25. The number of hydrogen-bond acceptors (Lipinski definition) is 3. The molecule has 108 valence electrons. The molecule has 1 fully saturated rings. The van der Waals surface area contributed by atoms with Crippen LogP contribution in [0.4, 0.5) is 0 Å². The highest BCUT2D eigenvalue weighted by molar-refractivity contribution is 5.72. The van der Waals surface area contributed by atoms with Crippen LogP contribution in [0, 0.1) is 11.8 Å². The quantitative estimate of drug-likeness (QED) is 0.850. The highest BCUT2D eigenvalue weighted by Crippen LogP contribution is 2.42. The van der Waals surface area contributed by atoms with Gasteiger partial charge in [-0.1, -0.05) is 19.9 Å². The van der Waals surface area contributed by atoms with E-state index < -0.39 is 0 Å². The largest absolute Gasteiger partial charge is 0.417 e. The maximum Gasteiger partial charge on any atom is 0.417 e. The predicted octanol–water partition coefficient (Wildman–Crippen LogP) is 3.21. The van der Waals surface area contributed by atoms with Gasteiger partial charge in [-0.2, -0.15) is 0 Å². The molecule has 1 aliphatic carbocycles. The second kappa shape index (κ2) is 5.44. The van der Waals surface area contributed by atoms with Crippen molar-refractivity contribution in [2.75, 3.05) is 6.54 Å². The molecule has 3 rings (SSSR count). The molecule has 2 aromatic rings. The van der Waals surface area contributed by atoms with E-state index in [2.05, 4.69) is 30.2 Å². The molecule has 1 saturated carbocycles. The van der Waals surface area contributed by atoms with Crippen molar-refractivity contribution in [3.63, 3.8) is 0 Å². The molecule has 4 heteroatoms. The van der Waals surface area contributed by atoms with E-state index in [1.165, 1.54) is 18.4 Å². The highest BCUT2D eigenvalue weighted by atomic mass is 16.4. The van der Waals surface area contributed by atoms with Gasteiger partial charge in [0.2, 0.25) is 0 Å². The smallest absolute Gasteiger partial charge is 0.408 e. The van der Waals surface area contributed by atoms with Crippen LogP contribution in [0.5, 0.6) is 0 Å². The number of aromatic nitrogens is 1. The summed E-state index contributed by atoms with van der Waals surface area (Å²) in [5, 5.41) is 3.65. The number of hydrogen-bond donors (Lipinski definition) is 2. The van der Waals surface area contributed by atoms with Gasteiger partial charge in [-0.05, 0) is 55.3 Å². The molecule has 2 atom stereocenters. The first kappa shape index (κ1) is 13.4. The van der Waals surface area contributed by atoms with E-state index in [0.717, 1.165) is 24.4 Å². The molecule has 2 N–H and O–H groups in total. The second-order valence-electron chi connectivity index (χ2n) is 5.90. The minimum absolute atomic E-state index is 0.340. The third kappa shape index (κ3) is 2.66. The molecule has 0 spiro atoms. The Bertz CT molecular complexity index is 639. The average molecular weight is 274 g/mol. The molecule has 4 nitrogen and oxygen atoms in total. The van der Waals surface area contributed by atoms with Crippen molar-refractivity contribution in [3.05, 3.63) is 34.3 Å². The fourth-order valence-electron chi connectivity index (χ4n) is 2.96. The lowest BCUT2D eigenvalue weighted by atomic mass is 9.90. The molecule has 1 aromatic carbocycles. The molecule has 2 unspecified atom stereocenters. The maximum atomic E-state index is 11.3. The minimum Gasteiger partial charge on any atom is -0.408 e. The summed E-state index contributed by atoms with van der Waals surface area (Å²) in [5.74, 6) is 1.06. The molecule has 0 radical (unpaired) electrons. The van der Waals surface area contributed by atoms with Crippen molar-refractivity contribution in [2.45, 2.75) is 39.2 Å². The highest BCUT2D eigenvalue weighted by Gasteiger charge is 2.33. The zero-order valence-corrected chi connectivity index (χ0v) is 12.1. The Balaban J connectivity index is 1.91.